The molecule has 2 aromatic rings. The molecule has 0 atom stereocenters. The van der Waals surface area contributed by atoms with Gasteiger partial charge in [0.25, 0.3) is 0 Å². The van der Waals surface area contributed by atoms with E-state index in [9.17, 15) is 4.79 Å². The van der Waals surface area contributed by atoms with E-state index in [1.54, 1.807) is 4.68 Å². The Kier molecular flexibility index (Phi) is 5.46. The van der Waals surface area contributed by atoms with Gasteiger partial charge < -0.3 is 10.6 Å². The Balaban J connectivity index is 2.01. The summed E-state index contributed by atoms with van der Waals surface area (Å²) in [5.41, 5.74) is 1.19. The molecule has 3 rings (SSSR count). The van der Waals surface area contributed by atoms with Gasteiger partial charge in [0.1, 0.15) is 5.54 Å². The van der Waals surface area contributed by atoms with Crippen molar-refractivity contribution in [3.63, 3.8) is 0 Å². The van der Waals surface area contributed by atoms with E-state index >= 15 is 0 Å². The molecule has 0 spiro atoms. The van der Waals surface area contributed by atoms with Crippen LogP contribution in [0.25, 0.3) is 5.69 Å². The van der Waals surface area contributed by atoms with Crippen molar-refractivity contribution >= 4 is 17.6 Å². The SMILES string of the molecule is CCNC(=O)NC1(c2nnnn2-c2ccc(C)c(Cl)c2)CCC(C)CC1. The van der Waals surface area contributed by atoms with Gasteiger partial charge in [0.15, 0.2) is 5.82 Å². The number of halogens is 1. The Morgan fingerprint density at radius 2 is 2.12 bits per heavy atom. The molecule has 26 heavy (non-hydrogen) atoms. The number of benzene rings is 1. The lowest BCUT2D eigenvalue weighted by Crippen LogP contribution is -2.53. The summed E-state index contributed by atoms with van der Waals surface area (Å²) in [5, 5.41) is 19.0. The maximum absolute atomic E-state index is 12.3. The van der Waals surface area contributed by atoms with E-state index in [0.29, 0.717) is 23.3 Å². The number of nitrogens with one attached hydrogen (secondary N) is 2. The average molecular weight is 377 g/mol. The van der Waals surface area contributed by atoms with Crippen LogP contribution < -0.4 is 10.6 Å². The first kappa shape index (κ1) is 18.6. The molecule has 0 saturated heterocycles. The van der Waals surface area contributed by atoms with E-state index in [-0.39, 0.29) is 6.03 Å². The summed E-state index contributed by atoms with van der Waals surface area (Å²) in [6, 6.07) is 5.53. The zero-order valence-electron chi connectivity index (χ0n) is 15.4. The molecule has 2 N–H and O–H groups in total. The molecule has 0 bridgehead atoms. The van der Waals surface area contributed by atoms with Crippen molar-refractivity contribution in [1.29, 1.82) is 0 Å². The minimum absolute atomic E-state index is 0.196. The van der Waals surface area contributed by atoms with Gasteiger partial charge in [-0.3, -0.25) is 0 Å². The van der Waals surface area contributed by atoms with Crippen LogP contribution in [0.5, 0.6) is 0 Å². The molecule has 2 amide bonds. The summed E-state index contributed by atoms with van der Waals surface area (Å²) in [6.45, 7) is 6.65. The third kappa shape index (κ3) is 3.67. The number of hydrogen-bond donors (Lipinski definition) is 2. The first-order chi connectivity index (χ1) is 12.4. The first-order valence-corrected chi connectivity index (χ1v) is 9.44. The molecule has 1 aromatic carbocycles. The van der Waals surface area contributed by atoms with E-state index in [4.69, 9.17) is 11.6 Å². The molecule has 0 unspecified atom stereocenters. The van der Waals surface area contributed by atoms with Crippen LogP contribution in [-0.4, -0.2) is 32.8 Å². The Morgan fingerprint density at radius 3 is 2.77 bits per heavy atom. The Labute approximate surface area is 158 Å². The van der Waals surface area contributed by atoms with Gasteiger partial charge in [-0.2, -0.15) is 4.68 Å². The fraction of sp³-hybridized carbons (Fsp3) is 0.556. The van der Waals surface area contributed by atoms with Crippen molar-refractivity contribution in [2.75, 3.05) is 6.54 Å². The second kappa shape index (κ2) is 7.61. The smallest absolute Gasteiger partial charge is 0.315 e. The van der Waals surface area contributed by atoms with Crippen molar-refractivity contribution in [3.8, 4) is 5.69 Å². The van der Waals surface area contributed by atoms with Gasteiger partial charge in [0.2, 0.25) is 0 Å². The van der Waals surface area contributed by atoms with Gasteiger partial charge in [0, 0.05) is 11.6 Å². The predicted octanol–water partition coefficient (Wildman–Crippen LogP) is 3.35. The maximum Gasteiger partial charge on any atom is 0.315 e. The van der Waals surface area contributed by atoms with Gasteiger partial charge in [-0.1, -0.05) is 24.6 Å². The van der Waals surface area contributed by atoms with Crippen LogP contribution in [0.15, 0.2) is 18.2 Å². The van der Waals surface area contributed by atoms with Crippen molar-refractivity contribution in [3.05, 3.63) is 34.6 Å². The average Bonchev–Trinajstić information content (AvgIpc) is 3.10. The topological polar surface area (TPSA) is 84.7 Å². The summed E-state index contributed by atoms with van der Waals surface area (Å²) in [6.07, 6.45) is 3.61. The van der Waals surface area contributed by atoms with Gasteiger partial charge in [-0.15, -0.1) is 5.10 Å². The Hall–Kier alpha value is -2.15. The Bertz CT molecular complexity index is 782. The molecular formula is C18H25ClN6O. The van der Waals surface area contributed by atoms with Crippen LogP contribution in [0.4, 0.5) is 4.79 Å². The fourth-order valence-corrected chi connectivity index (χ4v) is 3.63. The van der Waals surface area contributed by atoms with Crippen LogP contribution in [0, 0.1) is 12.8 Å². The predicted molar refractivity (Wildman–Crippen MR) is 100 cm³/mol. The largest absolute Gasteiger partial charge is 0.338 e. The summed E-state index contributed by atoms with van der Waals surface area (Å²) in [7, 11) is 0. The lowest BCUT2D eigenvalue weighted by molar-refractivity contribution is 0.176. The summed E-state index contributed by atoms with van der Waals surface area (Å²) < 4.78 is 1.69. The normalized spacial score (nSPS) is 22.8. The second-order valence-electron chi connectivity index (χ2n) is 7.10. The number of nitrogens with zero attached hydrogens (tertiary/aromatic N) is 4. The lowest BCUT2D eigenvalue weighted by atomic mass is 9.76. The number of carbonyl (C=O) groups excluding carboxylic acids is 1. The third-order valence-electron chi connectivity index (χ3n) is 5.12. The van der Waals surface area contributed by atoms with Crippen LogP contribution >= 0.6 is 11.6 Å². The summed E-state index contributed by atoms with van der Waals surface area (Å²) in [4.78, 5) is 12.3. The van der Waals surface area contributed by atoms with Crippen LogP contribution in [0.2, 0.25) is 5.02 Å². The number of aryl methyl sites for hydroxylation is 1. The highest BCUT2D eigenvalue weighted by Crippen LogP contribution is 2.39. The van der Waals surface area contributed by atoms with E-state index in [1.807, 2.05) is 32.0 Å². The van der Waals surface area contributed by atoms with Gasteiger partial charge >= 0.3 is 6.03 Å². The van der Waals surface area contributed by atoms with Gasteiger partial charge in [-0.05, 0) is 73.6 Å². The number of amides is 2. The number of aromatic nitrogens is 4. The first-order valence-electron chi connectivity index (χ1n) is 9.06. The van der Waals surface area contributed by atoms with E-state index in [0.717, 1.165) is 36.9 Å². The monoisotopic (exact) mass is 376 g/mol. The number of rotatable bonds is 4. The van der Waals surface area contributed by atoms with E-state index < -0.39 is 5.54 Å². The molecule has 1 aromatic heterocycles. The molecule has 1 aliphatic carbocycles. The van der Waals surface area contributed by atoms with Crippen molar-refractivity contribution in [1.82, 2.24) is 30.8 Å². The standard InChI is InChI=1S/C18H25ClN6O/c1-4-20-17(26)21-18(9-7-12(2)8-10-18)16-22-23-24-25(16)14-6-5-13(3)15(19)11-14/h5-6,11-12H,4,7-10H2,1-3H3,(H2,20,21,26). The molecule has 0 aliphatic heterocycles. The van der Waals surface area contributed by atoms with Crippen molar-refractivity contribution in [2.24, 2.45) is 5.92 Å². The van der Waals surface area contributed by atoms with Gasteiger partial charge in [0.05, 0.1) is 5.69 Å². The molecule has 1 aliphatic rings. The highest BCUT2D eigenvalue weighted by Gasteiger charge is 2.42. The minimum Gasteiger partial charge on any atom is -0.338 e. The molecule has 1 heterocycles. The zero-order chi connectivity index (χ0) is 18.7. The molecule has 8 heteroatoms. The maximum atomic E-state index is 12.3. The van der Waals surface area contributed by atoms with Crippen LogP contribution in [-0.2, 0) is 5.54 Å². The summed E-state index contributed by atoms with van der Waals surface area (Å²) in [5.74, 6) is 1.27. The van der Waals surface area contributed by atoms with Crippen LogP contribution in [0.3, 0.4) is 0 Å². The van der Waals surface area contributed by atoms with E-state index in [1.165, 1.54) is 0 Å². The molecule has 7 nitrogen and oxygen atoms in total. The minimum atomic E-state index is -0.591. The van der Waals surface area contributed by atoms with E-state index in [2.05, 4.69) is 33.1 Å². The van der Waals surface area contributed by atoms with Gasteiger partial charge in [-0.25, -0.2) is 4.79 Å². The molecular weight excluding hydrogens is 352 g/mol. The molecule has 0 radical (unpaired) electrons. The summed E-state index contributed by atoms with van der Waals surface area (Å²) >= 11 is 6.29. The molecule has 140 valence electrons. The highest BCUT2D eigenvalue weighted by atomic mass is 35.5. The fourth-order valence-electron chi connectivity index (χ4n) is 3.45. The second-order valence-corrected chi connectivity index (χ2v) is 7.50. The zero-order valence-corrected chi connectivity index (χ0v) is 16.2. The number of tetrazole rings is 1. The van der Waals surface area contributed by atoms with Crippen molar-refractivity contribution in [2.45, 2.75) is 52.0 Å². The van der Waals surface area contributed by atoms with Crippen molar-refractivity contribution < 1.29 is 4.79 Å². The van der Waals surface area contributed by atoms with Crippen LogP contribution in [0.1, 0.15) is 50.9 Å². The quantitative estimate of drug-likeness (QED) is 0.856. The highest BCUT2D eigenvalue weighted by molar-refractivity contribution is 6.31. The lowest BCUT2D eigenvalue weighted by Gasteiger charge is -2.38. The number of urea groups is 1. The number of hydrogen-bond acceptors (Lipinski definition) is 4. The molecule has 1 saturated carbocycles. The third-order valence-corrected chi connectivity index (χ3v) is 5.52. The molecule has 1 fully saturated rings. The number of carbonyl (C=O) groups is 1. The Morgan fingerprint density at radius 1 is 1.38 bits per heavy atom.